The van der Waals surface area contributed by atoms with Crippen LogP contribution in [0.1, 0.15) is 78.0 Å². The van der Waals surface area contributed by atoms with Crippen LogP contribution in [0.4, 0.5) is 0 Å². The lowest BCUT2D eigenvalue weighted by molar-refractivity contribution is 0.325. The maximum Gasteiger partial charge on any atom is -0.00974 e. The van der Waals surface area contributed by atoms with Crippen molar-refractivity contribution in [3.05, 3.63) is 34.9 Å². The zero-order valence-corrected chi connectivity index (χ0v) is 13.1. The molecule has 0 aromatic heterocycles. The van der Waals surface area contributed by atoms with E-state index < -0.39 is 0 Å². The Morgan fingerprint density at radius 2 is 1.44 bits per heavy atom. The monoisotopic (exact) mass is 244 g/mol. The summed E-state index contributed by atoms with van der Waals surface area (Å²) >= 11 is 0. The summed E-state index contributed by atoms with van der Waals surface area (Å²) in [5.74, 6) is 0. The average molecular weight is 244 g/mol. The molecular formula is C18H28. The third kappa shape index (κ3) is 2.11. The van der Waals surface area contributed by atoms with Gasteiger partial charge in [-0.3, -0.25) is 0 Å². The summed E-state index contributed by atoms with van der Waals surface area (Å²) < 4.78 is 0. The summed E-state index contributed by atoms with van der Waals surface area (Å²) in [5.41, 5.74) is 5.61. The van der Waals surface area contributed by atoms with Gasteiger partial charge in [0.05, 0.1) is 0 Å². The van der Waals surface area contributed by atoms with Crippen LogP contribution in [-0.4, -0.2) is 0 Å². The molecule has 0 bridgehead atoms. The van der Waals surface area contributed by atoms with Gasteiger partial charge in [0.2, 0.25) is 0 Å². The average Bonchev–Trinajstić information content (AvgIpc) is 2.23. The minimum Gasteiger partial charge on any atom is -0.0617 e. The van der Waals surface area contributed by atoms with E-state index in [0.29, 0.717) is 10.8 Å². The molecule has 0 radical (unpaired) electrons. The van der Waals surface area contributed by atoms with E-state index >= 15 is 0 Å². The first-order valence-electron chi connectivity index (χ1n) is 7.20. The molecule has 0 heteroatoms. The highest BCUT2D eigenvalue weighted by Crippen LogP contribution is 2.48. The summed E-state index contributed by atoms with van der Waals surface area (Å²) in [6, 6.07) is 6.94. The third-order valence-electron chi connectivity index (χ3n) is 4.65. The van der Waals surface area contributed by atoms with Crippen LogP contribution in [0, 0.1) is 0 Å². The molecule has 1 aromatic carbocycles. The fourth-order valence-electron chi connectivity index (χ4n) is 3.36. The van der Waals surface area contributed by atoms with E-state index in [0.717, 1.165) is 0 Å². The Balaban J connectivity index is 2.76. The van der Waals surface area contributed by atoms with Crippen LogP contribution in [0.25, 0.3) is 0 Å². The van der Waals surface area contributed by atoms with Crippen LogP contribution in [0.2, 0.25) is 0 Å². The van der Waals surface area contributed by atoms with E-state index in [-0.39, 0.29) is 5.41 Å². The first-order chi connectivity index (χ1) is 8.06. The minimum absolute atomic E-state index is 0.232. The number of benzene rings is 1. The third-order valence-corrected chi connectivity index (χ3v) is 4.65. The Labute approximate surface area is 113 Å². The molecule has 0 amide bonds. The Bertz CT molecular complexity index is 441. The fourth-order valence-corrected chi connectivity index (χ4v) is 3.36. The van der Waals surface area contributed by atoms with Crippen molar-refractivity contribution in [1.29, 1.82) is 0 Å². The van der Waals surface area contributed by atoms with E-state index in [1.54, 1.807) is 11.1 Å². The van der Waals surface area contributed by atoms with Crippen molar-refractivity contribution in [2.75, 3.05) is 0 Å². The van der Waals surface area contributed by atoms with Crippen LogP contribution >= 0.6 is 0 Å². The van der Waals surface area contributed by atoms with Gasteiger partial charge in [0, 0.05) is 0 Å². The standard InChI is InChI=1S/C18H28/c1-16(2,3)13-9-8-10-14-15(13)18(6,7)12-11-17(14,4)5/h8-10H,11-12H2,1-7H3. The molecule has 0 spiro atoms. The molecule has 0 N–H and O–H groups in total. The van der Waals surface area contributed by atoms with Crippen molar-refractivity contribution in [3.8, 4) is 0 Å². The maximum absolute atomic E-state index is 2.41. The van der Waals surface area contributed by atoms with Gasteiger partial charge in [-0.1, -0.05) is 66.7 Å². The second-order valence-electron chi connectivity index (χ2n) is 8.25. The highest BCUT2D eigenvalue weighted by atomic mass is 14.4. The molecule has 0 unspecified atom stereocenters. The van der Waals surface area contributed by atoms with Crippen molar-refractivity contribution in [3.63, 3.8) is 0 Å². The van der Waals surface area contributed by atoms with Crippen LogP contribution in [-0.2, 0) is 16.2 Å². The van der Waals surface area contributed by atoms with Crippen molar-refractivity contribution < 1.29 is 0 Å². The molecule has 0 fully saturated rings. The van der Waals surface area contributed by atoms with Crippen molar-refractivity contribution in [1.82, 2.24) is 0 Å². The molecule has 1 aliphatic carbocycles. The van der Waals surface area contributed by atoms with Crippen molar-refractivity contribution >= 4 is 0 Å². The SMILES string of the molecule is CC(C)(C)c1cccc2c1C(C)(C)CCC2(C)C. The molecule has 0 nitrogen and oxygen atoms in total. The molecule has 100 valence electrons. The van der Waals surface area contributed by atoms with Gasteiger partial charge < -0.3 is 0 Å². The second kappa shape index (κ2) is 3.85. The van der Waals surface area contributed by atoms with E-state index in [1.165, 1.54) is 18.4 Å². The van der Waals surface area contributed by atoms with Gasteiger partial charge in [0.15, 0.2) is 0 Å². The fraction of sp³-hybridized carbons (Fsp3) is 0.667. The maximum atomic E-state index is 2.41. The lowest BCUT2D eigenvalue weighted by Crippen LogP contribution is -2.36. The quantitative estimate of drug-likeness (QED) is 0.578. The minimum atomic E-state index is 0.232. The van der Waals surface area contributed by atoms with Gasteiger partial charge in [-0.25, -0.2) is 0 Å². The predicted octanol–water partition coefficient (Wildman–Crippen LogP) is 5.33. The van der Waals surface area contributed by atoms with Crippen LogP contribution in [0.3, 0.4) is 0 Å². The smallest absolute Gasteiger partial charge is 0.00974 e. The normalized spacial score (nSPS) is 21.5. The topological polar surface area (TPSA) is 0 Å². The predicted molar refractivity (Wildman–Crippen MR) is 80.4 cm³/mol. The van der Waals surface area contributed by atoms with E-state index in [1.807, 2.05) is 0 Å². The van der Waals surface area contributed by atoms with E-state index in [9.17, 15) is 0 Å². The lowest BCUT2D eigenvalue weighted by Gasteiger charge is -2.44. The Kier molecular flexibility index (Phi) is 2.92. The Morgan fingerprint density at radius 1 is 0.889 bits per heavy atom. The molecule has 18 heavy (non-hydrogen) atoms. The number of rotatable bonds is 0. The molecule has 0 saturated heterocycles. The van der Waals surface area contributed by atoms with Crippen LogP contribution < -0.4 is 0 Å². The van der Waals surface area contributed by atoms with Gasteiger partial charge >= 0.3 is 0 Å². The number of hydrogen-bond acceptors (Lipinski definition) is 0. The molecule has 0 atom stereocenters. The van der Waals surface area contributed by atoms with Crippen LogP contribution in [0.15, 0.2) is 18.2 Å². The van der Waals surface area contributed by atoms with Crippen molar-refractivity contribution in [2.45, 2.75) is 77.6 Å². The summed E-state index contributed by atoms with van der Waals surface area (Å²) in [6.45, 7) is 16.6. The molecule has 0 heterocycles. The summed E-state index contributed by atoms with van der Waals surface area (Å²) in [6.07, 6.45) is 2.58. The van der Waals surface area contributed by atoms with Gasteiger partial charge in [-0.05, 0) is 45.8 Å². The number of fused-ring (bicyclic) bond motifs is 1. The lowest BCUT2D eigenvalue weighted by atomic mass is 9.60. The highest BCUT2D eigenvalue weighted by molar-refractivity contribution is 5.48. The molecule has 0 saturated carbocycles. The van der Waals surface area contributed by atoms with Gasteiger partial charge in [-0.15, -0.1) is 0 Å². The van der Waals surface area contributed by atoms with Crippen LogP contribution in [0.5, 0.6) is 0 Å². The molecular weight excluding hydrogens is 216 g/mol. The second-order valence-corrected chi connectivity index (χ2v) is 8.25. The van der Waals surface area contributed by atoms with E-state index in [4.69, 9.17) is 0 Å². The first kappa shape index (κ1) is 13.6. The summed E-state index contributed by atoms with van der Waals surface area (Å²) in [4.78, 5) is 0. The summed E-state index contributed by atoms with van der Waals surface area (Å²) in [5, 5.41) is 0. The van der Waals surface area contributed by atoms with E-state index in [2.05, 4.69) is 66.7 Å². The van der Waals surface area contributed by atoms with Gasteiger partial charge in [0.25, 0.3) is 0 Å². The zero-order valence-electron chi connectivity index (χ0n) is 13.1. The molecule has 1 aliphatic rings. The van der Waals surface area contributed by atoms with Gasteiger partial charge in [-0.2, -0.15) is 0 Å². The highest BCUT2D eigenvalue weighted by Gasteiger charge is 2.39. The Morgan fingerprint density at radius 3 is 2.00 bits per heavy atom. The number of hydrogen-bond donors (Lipinski definition) is 0. The summed E-state index contributed by atoms with van der Waals surface area (Å²) in [7, 11) is 0. The van der Waals surface area contributed by atoms with Gasteiger partial charge in [0.1, 0.15) is 0 Å². The Hall–Kier alpha value is -0.780. The largest absolute Gasteiger partial charge is 0.0617 e. The van der Waals surface area contributed by atoms with Crippen molar-refractivity contribution in [2.24, 2.45) is 0 Å². The first-order valence-corrected chi connectivity index (χ1v) is 7.20. The molecule has 2 rings (SSSR count). The molecule has 0 aliphatic heterocycles. The molecule has 1 aromatic rings. The zero-order chi connectivity index (χ0) is 13.8.